The monoisotopic (exact) mass is 586 g/mol. The molecule has 0 saturated heterocycles. The Kier molecular flexibility index (Phi) is 3.36. The summed E-state index contributed by atoms with van der Waals surface area (Å²) in [6.07, 6.45) is 1.70. The minimum atomic E-state index is -0.0327. The van der Waals surface area contributed by atoms with Crippen LogP contribution in [0.15, 0.2) is 94.5 Å². The molecule has 6 nitrogen and oxygen atoms in total. The molecular weight excluding hydrogens is 568 g/mol. The lowest BCUT2D eigenvalue weighted by Crippen LogP contribution is -2.16. The number of hydrogen-bond donors (Lipinski definition) is 0. The molecule has 0 atom stereocenters. The van der Waals surface area contributed by atoms with Gasteiger partial charge in [-0.15, -0.1) is 0 Å². The highest BCUT2D eigenvalue weighted by Crippen LogP contribution is 2.52. The average molecular weight is 587 g/mol. The molecule has 6 heteroatoms. The summed E-state index contributed by atoms with van der Waals surface area (Å²) in [7, 11) is 0. The topological polar surface area (TPSA) is 68.7 Å². The summed E-state index contributed by atoms with van der Waals surface area (Å²) in [6, 6.07) is 28.9. The van der Waals surface area contributed by atoms with E-state index in [0.717, 1.165) is 94.4 Å². The lowest BCUT2D eigenvalue weighted by Gasteiger charge is -2.27. The van der Waals surface area contributed by atoms with Gasteiger partial charge >= 0.3 is 0 Å². The van der Waals surface area contributed by atoms with Crippen molar-refractivity contribution in [2.24, 2.45) is 0 Å². The maximum atomic E-state index is 14.4. The van der Waals surface area contributed by atoms with Gasteiger partial charge in [-0.05, 0) is 116 Å². The summed E-state index contributed by atoms with van der Waals surface area (Å²) >= 11 is 0. The molecule has 210 valence electrons. The predicted molar refractivity (Wildman–Crippen MR) is 186 cm³/mol. The Morgan fingerprint density at radius 1 is 0.457 bits per heavy atom. The van der Waals surface area contributed by atoms with Crippen molar-refractivity contribution in [1.29, 1.82) is 0 Å². The number of hydrogen-bond acceptors (Lipinski definition) is 4. The molecular formula is C40H18N4O2. The number of nitrogens with zero attached hydrogens (tertiary/aromatic N) is 4. The van der Waals surface area contributed by atoms with Gasteiger partial charge in [-0.25, -0.2) is 9.97 Å². The van der Waals surface area contributed by atoms with Gasteiger partial charge in [-0.1, -0.05) is 36.4 Å². The first-order valence-electron chi connectivity index (χ1n) is 15.7. The van der Waals surface area contributed by atoms with Crippen LogP contribution in [0.3, 0.4) is 0 Å². The van der Waals surface area contributed by atoms with Crippen molar-refractivity contribution in [3.63, 3.8) is 0 Å². The molecule has 0 N–H and O–H groups in total. The first kappa shape index (κ1) is 22.4. The van der Waals surface area contributed by atoms with Gasteiger partial charge in [0.1, 0.15) is 11.3 Å². The standard InChI is InChI=1S/C40H18N4O2/c45-39-23-15-19-12-10-18-14-22-34-24(40(46)44-28-8-4-2-6-26(28)42-38(22)44)16-20-11-9-17-13-21(37-41-25-5-1-3-7-27(25)43(37)39)33(23)35-29(17)32(20)36(34)30(18)31(19)35/h1-9,11,13-16H,10,12H2. The maximum Gasteiger partial charge on any atom is 0.264 e. The van der Waals surface area contributed by atoms with Crippen LogP contribution in [0.25, 0.3) is 109 Å². The summed E-state index contributed by atoms with van der Waals surface area (Å²) < 4.78 is 3.61. The molecule has 0 saturated carbocycles. The smallest absolute Gasteiger partial charge is 0.264 e. The number of fused-ring (bicyclic) bond motifs is 8. The molecule has 1 aliphatic carbocycles. The summed E-state index contributed by atoms with van der Waals surface area (Å²) in [5.41, 5.74) is 7.18. The Labute approximate surface area is 256 Å². The largest absolute Gasteiger partial charge is 0.268 e. The molecule has 0 spiro atoms. The van der Waals surface area contributed by atoms with E-state index in [1.165, 1.54) is 32.7 Å². The molecule has 4 aromatic heterocycles. The van der Waals surface area contributed by atoms with E-state index in [1.807, 2.05) is 48.5 Å². The molecule has 46 heavy (non-hydrogen) atoms. The summed E-state index contributed by atoms with van der Waals surface area (Å²) in [6.45, 7) is 0. The fourth-order valence-corrected chi connectivity index (χ4v) is 9.40. The number of para-hydroxylation sites is 4. The highest BCUT2D eigenvalue weighted by atomic mass is 16.1. The predicted octanol–water partition coefficient (Wildman–Crippen LogP) is 7.93. The highest BCUT2D eigenvalue weighted by Gasteiger charge is 2.30. The third-order valence-corrected chi connectivity index (χ3v) is 11.1. The van der Waals surface area contributed by atoms with Crippen LogP contribution in [0.1, 0.15) is 11.1 Å². The quantitative estimate of drug-likeness (QED) is 0.134. The van der Waals surface area contributed by atoms with E-state index in [1.54, 1.807) is 8.80 Å². The zero-order valence-electron chi connectivity index (χ0n) is 24.1. The zero-order chi connectivity index (χ0) is 29.7. The molecule has 0 bridgehead atoms. The number of pyridine rings is 2. The van der Waals surface area contributed by atoms with Gasteiger partial charge in [0.05, 0.1) is 22.1 Å². The normalized spacial score (nSPS) is 14.1. The Bertz CT molecular complexity index is 3480. The zero-order valence-corrected chi connectivity index (χ0v) is 24.1. The maximum absolute atomic E-state index is 14.4. The van der Waals surface area contributed by atoms with Gasteiger partial charge < -0.3 is 0 Å². The SMILES string of the molecule is O=c1c2cc3ccc4cc5c6c(cc7c8c9c(cc(c2c9c3c4c86)c2nc3ccccc3n12)CC7)c(=O)n1c2ccccc2nc51. The number of benzene rings is 8. The fraction of sp³-hybridized carbons (Fsp3) is 0.0500. The van der Waals surface area contributed by atoms with E-state index in [0.29, 0.717) is 5.65 Å². The number of imidazole rings is 2. The highest BCUT2D eigenvalue weighted by molar-refractivity contribution is 6.47. The van der Waals surface area contributed by atoms with Crippen molar-refractivity contribution in [2.75, 3.05) is 0 Å². The molecule has 12 aromatic rings. The van der Waals surface area contributed by atoms with Gasteiger partial charge in [0.2, 0.25) is 0 Å². The van der Waals surface area contributed by atoms with Crippen molar-refractivity contribution in [1.82, 2.24) is 18.8 Å². The van der Waals surface area contributed by atoms with Gasteiger partial charge in [-0.3, -0.25) is 18.4 Å². The lowest BCUT2D eigenvalue weighted by atomic mass is 9.76. The van der Waals surface area contributed by atoms with E-state index in [2.05, 4.69) is 36.4 Å². The minimum Gasteiger partial charge on any atom is -0.268 e. The van der Waals surface area contributed by atoms with Crippen molar-refractivity contribution in [3.8, 4) is 0 Å². The van der Waals surface area contributed by atoms with Crippen LogP contribution >= 0.6 is 0 Å². The van der Waals surface area contributed by atoms with Crippen molar-refractivity contribution in [2.45, 2.75) is 12.8 Å². The lowest BCUT2D eigenvalue weighted by molar-refractivity contribution is 0.971. The van der Waals surface area contributed by atoms with E-state index < -0.39 is 0 Å². The molecule has 0 fully saturated rings. The Morgan fingerprint density at radius 3 is 1.48 bits per heavy atom. The van der Waals surface area contributed by atoms with Crippen LogP contribution < -0.4 is 11.1 Å². The second-order valence-electron chi connectivity index (χ2n) is 13.2. The van der Waals surface area contributed by atoms with E-state index >= 15 is 0 Å². The van der Waals surface area contributed by atoms with Gasteiger partial charge in [0.15, 0.2) is 0 Å². The van der Waals surface area contributed by atoms with Gasteiger partial charge in [0.25, 0.3) is 11.1 Å². The van der Waals surface area contributed by atoms with Gasteiger partial charge in [0, 0.05) is 32.3 Å². The average Bonchev–Trinajstić information content (AvgIpc) is 3.68. The molecule has 0 radical (unpaired) electrons. The van der Waals surface area contributed by atoms with Crippen LogP contribution in [-0.2, 0) is 12.8 Å². The Morgan fingerprint density at radius 2 is 0.913 bits per heavy atom. The number of rotatable bonds is 0. The molecule has 13 rings (SSSR count). The second-order valence-corrected chi connectivity index (χ2v) is 13.2. The number of aryl methyl sites for hydroxylation is 2. The summed E-state index contributed by atoms with van der Waals surface area (Å²) in [5, 5.41) is 14.8. The van der Waals surface area contributed by atoms with Crippen molar-refractivity contribution < 1.29 is 0 Å². The second kappa shape index (κ2) is 6.90. The van der Waals surface area contributed by atoms with E-state index in [-0.39, 0.29) is 11.1 Å². The van der Waals surface area contributed by atoms with Gasteiger partial charge in [-0.2, -0.15) is 0 Å². The molecule has 4 heterocycles. The number of aromatic nitrogens is 4. The van der Waals surface area contributed by atoms with Crippen LogP contribution in [0, 0.1) is 0 Å². The first-order chi connectivity index (χ1) is 22.7. The third kappa shape index (κ3) is 2.17. The Hall–Kier alpha value is -6.14. The van der Waals surface area contributed by atoms with Crippen molar-refractivity contribution in [3.05, 3.63) is 117 Å². The molecule has 0 amide bonds. The summed E-state index contributed by atoms with van der Waals surface area (Å²) in [5.74, 6) is 0. The van der Waals surface area contributed by atoms with Crippen LogP contribution in [0.5, 0.6) is 0 Å². The van der Waals surface area contributed by atoms with Crippen LogP contribution in [-0.4, -0.2) is 18.8 Å². The summed E-state index contributed by atoms with van der Waals surface area (Å²) in [4.78, 5) is 38.9. The first-order valence-corrected chi connectivity index (χ1v) is 15.7. The molecule has 8 aromatic carbocycles. The van der Waals surface area contributed by atoms with E-state index in [9.17, 15) is 9.59 Å². The Balaban J connectivity index is 1.38. The van der Waals surface area contributed by atoms with Crippen molar-refractivity contribution >= 4 is 109 Å². The molecule has 0 unspecified atom stereocenters. The minimum absolute atomic E-state index is 0.0168. The van der Waals surface area contributed by atoms with Crippen LogP contribution in [0.4, 0.5) is 0 Å². The molecule has 1 aliphatic rings. The van der Waals surface area contributed by atoms with E-state index in [4.69, 9.17) is 9.97 Å². The fourth-order valence-electron chi connectivity index (χ4n) is 9.40. The van der Waals surface area contributed by atoms with Crippen LogP contribution in [0.2, 0.25) is 0 Å². The third-order valence-electron chi connectivity index (χ3n) is 11.1. The molecule has 0 aliphatic heterocycles.